The number of nitrogens with one attached hydrogen (secondary N) is 1. The van der Waals surface area contributed by atoms with E-state index < -0.39 is 35.6 Å². The van der Waals surface area contributed by atoms with Gasteiger partial charge >= 0.3 is 6.18 Å². The summed E-state index contributed by atoms with van der Waals surface area (Å²) in [5, 5.41) is 3.63. The molecule has 7 N–H and O–H groups in total. The monoisotopic (exact) mass is 588 g/mol. The molecule has 1 unspecified atom stereocenters. The van der Waals surface area contributed by atoms with E-state index in [1.807, 2.05) is 24.3 Å². The van der Waals surface area contributed by atoms with Crippen molar-refractivity contribution in [2.45, 2.75) is 37.5 Å². The lowest BCUT2D eigenvalue weighted by atomic mass is 10.0. The highest BCUT2D eigenvalue weighted by Crippen LogP contribution is 2.29. The average Bonchev–Trinajstić information content (AvgIpc) is 2.95. The van der Waals surface area contributed by atoms with Crippen LogP contribution in [0.3, 0.4) is 0 Å². The number of rotatable bonds is 14. The largest absolute Gasteiger partial charge is 0.416 e. The number of aromatic nitrogens is 1. The van der Waals surface area contributed by atoms with E-state index in [1.165, 1.54) is 30.3 Å². The molecule has 0 spiro atoms. The SMILES string of the molecule is CN(C(=O)[C@@H](N)CCC[N+](C)(CCN)CCN)C(Cc1ccc(C(F)(F)F)cc1)C(=O)Nc1cnc2ccccc2c1. The van der Waals surface area contributed by atoms with Gasteiger partial charge in [0.2, 0.25) is 11.8 Å². The lowest BCUT2D eigenvalue weighted by Crippen LogP contribution is -2.53. The summed E-state index contributed by atoms with van der Waals surface area (Å²) in [5.74, 6) is -0.948. The normalized spacial score (nSPS) is 13.5. The predicted octanol–water partition coefficient (Wildman–Crippen LogP) is 2.73. The topological polar surface area (TPSA) is 140 Å². The highest BCUT2D eigenvalue weighted by Gasteiger charge is 2.32. The second-order valence-corrected chi connectivity index (χ2v) is 10.9. The first kappa shape index (κ1) is 32.9. The summed E-state index contributed by atoms with van der Waals surface area (Å²) in [6.07, 6.45) is -1.95. The van der Waals surface area contributed by atoms with E-state index in [0.29, 0.717) is 41.7 Å². The number of para-hydroxylation sites is 1. The fourth-order valence-corrected chi connectivity index (χ4v) is 5.01. The molecular weight excluding hydrogens is 547 g/mol. The molecule has 1 heterocycles. The maximum Gasteiger partial charge on any atom is 0.416 e. The van der Waals surface area contributed by atoms with E-state index in [1.54, 1.807) is 6.07 Å². The van der Waals surface area contributed by atoms with Gasteiger partial charge in [0, 0.05) is 31.9 Å². The molecular formula is C30H41F3N7O2+. The number of nitrogens with zero attached hydrogens (tertiary/aromatic N) is 3. The predicted molar refractivity (Wildman–Crippen MR) is 158 cm³/mol. The molecule has 0 fully saturated rings. The molecule has 9 nitrogen and oxygen atoms in total. The van der Waals surface area contributed by atoms with Crippen LogP contribution in [0.2, 0.25) is 0 Å². The molecule has 2 amide bonds. The van der Waals surface area contributed by atoms with E-state index in [9.17, 15) is 22.8 Å². The van der Waals surface area contributed by atoms with Gasteiger partial charge < -0.3 is 31.9 Å². The molecule has 0 saturated heterocycles. The van der Waals surface area contributed by atoms with Crippen molar-refractivity contribution in [3.8, 4) is 0 Å². The molecule has 42 heavy (non-hydrogen) atoms. The second kappa shape index (κ2) is 14.5. The van der Waals surface area contributed by atoms with E-state index in [-0.39, 0.29) is 6.42 Å². The van der Waals surface area contributed by atoms with Crippen molar-refractivity contribution >= 4 is 28.4 Å². The Morgan fingerprint density at radius 2 is 1.67 bits per heavy atom. The van der Waals surface area contributed by atoms with Crippen molar-refractivity contribution < 1.29 is 27.2 Å². The third-order valence-corrected chi connectivity index (χ3v) is 7.55. The van der Waals surface area contributed by atoms with Gasteiger partial charge in [0.05, 0.1) is 55.7 Å². The number of halogens is 3. The van der Waals surface area contributed by atoms with Gasteiger partial charge in [-0.05, 0) is 42.7 Å². The molecule has 0 aliphatic rings. The fourth-order valence-electron chi connectivity index (χ4n) is 5.01. The van der Waals surface area contributed by atoms with Crippen molar-refractivity contribution in [1.29, 1.82) is 0 Å². The standard InChI is InChI=1S/C30H40F3N7O2/c1-39(29(42)25(36)7-5-15-40(2,16-13-34)17-14-35)27(18-21-9-11-23(12-10-21)30(31,32)33)28(41)38-24-19-22-6-3-4-8-26(22)37-20-24/h3-4,6,8-12,19-20,25,27H,5,7,13-18,34-36H2,1-2H3/p+1/t25-,27?/m0/s1. The average molecular weight is 589 g/mol. The molecule has 0 bridgehead atoms. The Morgan fingerprint density at radius 1 is 1.02 bits per heavy atom. The zero-order valence-electron chi connectivity index (χ0n) is 24.1. The second-order valence-electron chi connectivity index (χ2n) is 10.9. The van der Waals surface area contributed by atoms with Crippen LogP contribution < -0.4 is 22.5 Å². The Bertz CT molecular complexity index is 1330. The maximum atomic E-state index is 13.6. The first-order chi connectivity index (χ1) is 19.9. The minimum Gasteiger partial charge on any atom is -0.332 e. The Kier molecular flexibility index (Phi) is 11.4. The third-order valence-electron chi connectivity index (χ3n) is 7.55. The first-order valence-corrected chi connectivity index (χ1v) is 13.9. The van der Waals surface area contributed by atoms with Gasteiger partial charge in [0.15, 0.2) is 0 Å². The van der Waals surface area contributed by atoms with Crippen molar-refractivity contribution in [2.24, 2.45) is 17.2 Å². The number of likely N-dealkylation sites (N-methyl/N-ethyl adjacent to an activating group) is 2. The molecule has 3 aromatic rings. The van der Waals surface area contributed by atoms with E-state index in [4.69, 9.17) is 17.2 Å². The number of alkyl halides is 3. The Hall–Kier alpha value is -3.58. The highest BCUT2D eigenvalue weighted by atomic mass is 19.4. The molecule has 2 aromatic carbocycles. The number of fused-ring (bicyclic) bond motifs is 1. The van der Waals surface area contributed by atoms with E-state index in [2.05, 4.69) is 17.3 Å². The van der Waals surface area contributed by atoms with Gasteiger partial charge in [-0.3, -0.25) is 14.6 Å². The minimum atomic E-state index is -4.49. The Morgan fingerprint density at radius 3 is 2.29 bits per heavy atom. The number of pyridine rings is 1. The molecule has 228 valence electrons. The van der Waals surface area contributed by atoms with Gasteiger partial charge in [0.25, 0.3) is 0 Å². The van der Waals surface area contributed by atoms with Gasteiger partial charge in [0.1, 0.15) is 6.04 Å². The van der Waals surface area contributed by atoms with Crippen LogP contribution >= 0.6 is 0 Å². The molecule has 0 aliphatic carbocycles. The smallest absolute Gasteiger partial charge is 0.332 e. The summed E-state index contributed by atoms with van der Waals surface area (Å²) in [5.41, 5.74) is 18.7. The summed E-state index contributed by atoms with van der Waals surface area (Å²) < 4.78 is 40.0. The molecule has 3 rings (SSSR count). The minimum absolute atomic E-state index is 0.0120. The van der Waals surface area contributed by atoms with E-state index in [0.717, 1.165) is 42.7 Å². The summed E-state index contributed by atoms with van der Waals surface area (Å²) >= 11 is 0. The van der Waals surface area contributed by atoms with Crippen molar-refractivity contribution in [3.63, 3.8) is 0 Å². The molecule has 1 aromatic heterocycles. The number of benzene rings is 2. The number of hydrogen-bond donors (Lipinski definition) is 4. The van der Waals surface area contributed by atoms with E-state index >= 15 is 0 Å². The zero-order chi connectivity index (χ0) is 30.9. The first-order valence-electron chi connectivity index (χ1n) is 13.9. The van der Waals surface area contributed by atoms with Crippen LogP contribution in [0.25, 0.3) is 10.9 Å². The number of nitrogens with two attached hydrogens (primary N) is 3. The molecule has 0 saturated carbocycles. The van der Waals surface area contributed by atoms with Crippen molar-refractivity contribution in [2.75, 3.05) is 52.1 Å². The molecule has 12 heteroatoms. The molecule has 0 radical (unpaired) electrons. The van der Waals surface area contributed by atoms with Gasteiger partial charge in [-0.1, -0.05) is 30.3 Å². The van der Waals surface area contributed by atoms with Gasteiger partial charge in [-0.15, -0.1) is 0 Å². The summed E-state index contributed by atoms with van der Waals surface area (Å²) in [6.45, 7) is 3.26. The van der Waals surface area contributed by atoms with Crippen LogP contribution in [0.15, 0.2) is 60.8 Å². The lowest BCUT2D eigenvalue weighted by molar-refractivity contribution is -0.907. The van der Waals surface area contributed by atoms with Crippen molar-refractivity contribution in [3.05, 3.63) is 71.9 Å². The van der Waals surface area contributed by atoms with Crippen LogP contribution in [0, 0.1) is 0 Å². The number of carbonyl (C=O) groups excluding carboxylic acids is 2. The zero-order valence-corrected chi connectivity index (χ0v) is 24.1. The number of amides is 2. The molecule has 0 aliphatic heterocycles. The van der Waals surface area contributed by atoms with Crippen LogP contribution in [0.4, 0.5) is 18.9 Å². The van der Waals surface area contributed by atoms with Crippen LogP contribution in [0.1, 0.15) is 24.0 Å². The summed E-state index contributed by atoms with van der Waals surface area (Å²) in [7, 11) is 3.55. The number of anilines is 1. The Labute approximate surface area is 244 Å². The van der Waals surface area contributed by atoms with Crippen LogP contribution in [-0.2, 0) is 22.2 Å². The van der Waals surface area contributed by atoms with Gasteiger partial charge in [-0.2, -0.15) is 13.2 Å². The lowest BCUT2D eigenvalue weighted by Gasteiger charge is -2.34. The summed E-state index contributed by atoms with van der Waals surface area (Å²) in [4.78, 5) is 32.6. The van der Waals surface area contributed by atoms with Crippen molar-refractivity contribution in [1.82, 2.24) is 9.88 Å². The highest BCUT2D eigenvalue weighted by molar-refractivity contribution is 5.99. The van der Waals surface area contributed by atoms with Crippen LogP contribution in [0.5, 0.6) is 0 Å². The molecule has 2 atom stereocenters. The quantitative estimate of drug-likeness (QED) is 0.214. The number of hydrogen-bond acceptors (Lipinski definition) is 6. The number of quaternary nitrogens is 1. The van der Waals surface area contributed by atoms with Gasteiger partial charge in [-0.25, -0.2) is 0 Å². The summed E-state index contributed by atoms with van der Waals surface area (Å²) in [6, 6.07) is 11.8. The Balaban J connectivity index is 1.78. The van der Waals surface area contributed by atoms with Crippen LogP contribution in [-0.4, -0.2) is 85.1 Å². The maximum absolute atomic E-state index is 13.6. The third kappa shape index (κ3) is 8.96. The number of carbonyl (C=O) groups is 2. The fraction of sp³-hybridized carbons (Fsp3) is 0.433.